The molecule has 1 amide bonds. The van der Waals surface area contributed by atoms with Gasteiger partial charge in [-0.3, -0.25) is 15.2 Å². The second kappa shape index (κ2) is 4.80. The molecule has 0 unspecified atom stereocenters. The summed E-state index contributed by atoms with van der Waals surface area (Å²) >= 11 is 2.93. The van der Waals surface area contributed by atoms with E-state index in [1.165, 1.54) is 23.1 Å². The molecule has 0 spiro atoms. The van der Waals surface area contributed by atoms with E-state index in [0.29, 0.717) is 5.75 Å². The molecule has 1 aromatic heterocycles. The number of nitrogens with zero attached hydrogens (tertiary/aromatic N) is 2. The maximum atomic E-state index is 11.4. The lowest BCUT2D eigenvalue weighted by atomic mass is 10.3. The van der Waals surface area contributed by atoms with Crippen LogP contribution < -0.4 is 11.3 Å². The molecule has 0 aliphatic carbocycles. The van der Waals surface area contributed by atoms with E-state index >= 15 is 0 Å². The number of aromatic nitrogens is 1. The highest BCUT2D eigenvalue weighted by atomic mass is 32.2. The smallest absolute Gasteiger partial charge is 0.259 e. The van der Waals surface area contributed by atoms with Crippen LogP contribution in [0.4, 0.5) is 0 Å². The van der Waals surface area contributed by atoms with Gasteiger partial charge in [0, 0.05) is 5.75 Å². The van der Waals surface area contributed by atoms with E-state index in [0.717, 1.165) is 20.3 Å². The second-order valence-electron chi connectivity index (χ2n) is 3.94. The van der Waals surface area contributed by atoms with Crippen LogP contribution in [0.5, 0.6) is 5.75 Å². The number of hydrogen-bond donors (Lipinski definition) is 3. The van der Waals surface area contributed by atoms with Crippen molar-refractivity contribution >= 4 is 44.3 Å². The van der Waals surface area contributed by atoms with E-state index in [4.69, 9.17) is 5.84 Å². The lowest BCUT2D eigenvalue weighted by Gasteiger charge is -2.01. The number of thioether (sulfide) groups is 1. The van der Waals surface area contributed by atoms with Crippen LogP contribution in [0.25, 0.3) is 10.2 Å². The zero-order valence-corrected chi connectivity index (χ0v) is 11.3. The zero-order chi connectivity index (χ0) is 13.4. The molecule has 98 valence electrons. The van der Waals surface area contributed by atoms with Crippen molar-refractivity contribution in [2.24, 2.45) is 10.8 Å². The number of aromatic hydroxyl groups is 1. The summed E-state index contributed by atoms with van der Waals surface area (Å²) < 4.78 is 0.894. The number of amides is 1. The summed E-state index contributed by atoms with van der Waals surface area (Å²) in [5.41, 5.74) is 2.92. The average Bonchev–Trinajstić information content (AvgIpc) is 3.03. The summed E-state index contributed by atoms with van der Waals surface area (Å²) in [6.45, 7) is 0. The standard InChI is InChI=1S/C11H10N4O2S2/c12-15-9(17)7-4-18-10(14-7)11-13-6-2-1-5(16)3-8(6)19-11/h1-3,7,16H,4,12H2,(H,15,17)/t7-/m1/s1. The van der Waals surface area contributed by atoms with Gasteiger partial charge < -0.3 is 5.11 Å². The minimum absolute atomic E-state index is 0.212. The van der Waals surface area contributed by atoms with Gasteiger partial charge in [-0.2, -0.15) is 0 Å². The fourth-order valence-corrected chi connectivity index (χ4v) is 3.83. The van der Waals surface area contributed by atoms with Crippen molar-refractivity contribution in [3.05, 3.63) is 23.2 Å². The van der Waals surface area contributed by atoms with Gasteiger partial charge in [0.15, 0.2) is 0 Å². The third kappa shape index (κ3) is 2.29. The van der Waals surface area contributed by atoms with Crippen LogP contribution in [0.3, 0.4) is 0 Å². The molecule has 1 aromatic carbocycles. The van der Waals surface area contributed by atoms with E-state index in [2.05, 4.69) is 15.4 Å². The SMILES string of the molecule is NNC(=O)[C@H]1CSC(c2nc3ccc(O)cc3s2)=N1. The normalized spacial score (nSPS) is 18.6. The summed E-state index contributed by atoms with van der Waals surface area (Å²) in [6, 6.07) is 4.57. The first kappa shape index (κ1) is 12.4. The average molecular weight is 294 g/mol. The minimum atomic E-state index is -0.453. The van der Waals surface area contributed by atoms with E-state index in [1.807, 2.05) is 0 Å². The van der Waals surface area contributed by atoms with Gasteiger partial charge in [-0.05, 0) is 18.2 Å². The Hall–Kier alpha value is -1.64. The highest BCUT2D eigenvalue weighted by Crippen LogP contribution is 2.31. The summed E-state index contributed by atoms with van der Waals surface area (Å²) in [5, 5.41) is 10.9. The van der Waals surface area contributed by atoms with E-state index < -0.39 is 6.04 Å². The van der Waals surface area contributed by atoms with Crippen LogP contribution in [-0.4, -0.2) is 32.8 Å². The number of rotatable bonds is 2. The molecule has 4 N–H and O–H groups in total. The molecule has 2 aromatic rings. The summed E-state index contributed by atoms with van der Waals surface area (Å²) in [5.74, 6) is 5.59. The number of hydrazine groups is 1. The predicted octanol–water partition coefficient (Wildman–Crippen LogP) is 0.854. The molecule has 0 fully saturated rings. The molecule has 0 saturated heterocycles. The molecule has 1 aliphatic heterocycles. The van der Waals surface area contributed by atoms with Crippen LogP contribution in [0.2, 0.25) is 0 Å². The number of nitrogens with two attached hydrogens (primary N) is 1. The molecule has 2 heterocycles. The lowest BCUT2D eigenvalue weighted by Crippen LogP contribution is -2.38. The monoisotopic (exact) mass is 294 g/mol. The number of hydrogen-bond acceptors (Lipinski definition) is 7. The maximum Gasteiger partial charge on any atom is 0.259 e. The number of benzene rings is 1. The predicted molar refractivity (Wildman–Crippen MR) is 76.4 cm³/mol. The molecule has 1 aliphatic rings. The van der Waals surface area contributed by atoms with Crippen LogP contribution in [0.15, 0.2) is 23.2 Å². The Morgan fingerprint density at radius 2 is 2.37 bits per heavy atom. The van der Waals surface area contributed by atoms with Crippen molar-refractivity contribution in [2.45, 2.75) is 6.04 Å². The van der Waals surface area contributed by atoms with Crippen molar-refractivity contribution in [1.82, 2.24) is 10.4 Å². The second-order valence-corrected chi connectivity index (χ2v) is 5.98. The van der Waals surface area contributed by atoms with Crippen molar-refractivity contribution in [3.63, 3.8) is 0 Å². The van der Waals surface area contributed by atoms with E-state index in [1.54, 1.807) is 18.2 Å². The number of thiazole rings is 1. The van der Waals surface area contributed by atoms with Crippen molar-refractivity contribution in [1.29, 1.82) is 0 Å². The van der Waals surface area contributed by atoms with Gasteiger partial charge in [0.25, 0.3) is 5.91 Å². The number of carbonyl (C=O) groups excluding carboxylic acids is 1. The molecule has 0 radical (unpaired) electrons. The molecular formula is C11H10N4O2S2. The zero-order valence-electron chi connectivity index (χ0n) is 9.66. The molecular weight excluding hydrogens is 284 g/mol. The summed E-state index contributed by atoms with van der Waals surface area (Å²) in [6.07, 6.45) is 0. The van der Waals surface area contributed by atoms with Crippen LogP contribution in [0.1, 0.15) is 5.01 Å². The lowest BCUT2D eigenvalue weighted by molar-refractivity contribution is -0.121. The van der Waals surface area contributed by atoms with Crippen LogP contribution >= 0.6 is 23.1 Å². The first-order chi connectivity index (χ1) is 9.17. The van der Waals surface area contributed by atoms with Crippen LogP contribution in [-0.2, 0) is 4.79 Å². The Bertz CT molecular complexity index is 682. The fourth-order valence-electron chi connectivity index (χ4n) is 1.73. The topological polar surface area (TPSA) is 101 Å². The summed E-state index contributed by atoms with van der Waals surface area (Å²) in [7, 11) is 0. The van der Waals surface area contributed by atoms with Gasteiger partial charge in [-0.15, -0.1) is 23.1 Å². The first-order valence-corrected chi connectivity index (χ1v) is 7.28. The Morgan fingerprint density at radius 1 is 1.53 bits per heavy atom. The van der Waals surface area contributed by atoms with Gasteiger partial charge in [0.05, 0.1) is 10.2 Å². The number of nitrogens with one attached hydrogen (secondary N) is 1. The van der Waals surface area contributed by atoms with Gasteiger partial charge in [0.2, 0.25) is 0 Å². The van der Waals surface area contributed by atoms with Crippen molar-refractivity contribution < 1.29 is 9.90 Å². The quantitative estimate of drug-likeness (QED) is 0.433. The Morgan fingerprint density at radius 3 is 3.16 bits per heavy atom. The molecule has 8 heteroatoms. The van der Waals surface area contributed by atoms with Gasteiger partial charge in [-0.1, -0.05) is 0 Å². The number of carbonyl (C=O) groups is 1. The number of phenolic OH excluding ortho intramolecular Hbond substituents is 1. The Balaban J connectivity index is 1.95. The van der Waals surface area contributed by atoms with Gasteiger partial charge >= 0.3 is 0 Å². The van der Waals surface area contributed by atoms with E-state index in [-0.39, 0.29) is 11.7 Å². The molecule has 1 atom stereocenters. The maximum absolute atomic E-state index is 11.4. The molecule has 0 bridgehead atoms. The molecule has 0 saturated carbocycles. The first-order valence-electron chi connectivity index (χ1n) is 5.48. The molecule has 6 nitrogen and oxygen atoms in total. The fraction of sp³-hybridized carbons (Fsp3) is 0.182. The van der Waals surface area contributed by atoms with E-state index in [9.17, 15) is 9.90 Å². The minimum Gasteiger partial charge on any atom is -0.508 e. The Kier molecular flexibility index (Phi) is 3.13. The highest BCUT2D eigenvalue weighted by Gasteiger charge is 2.26. The summed E-state index contributed by atoms with van der Waals surface area (Å²) in [4.78, 5) is 20.2. The number of aliphatic imine (C=N–C) groups is 1. The van der Waals surface area contributed by atoms with Crippen molar-refractivity contribution in [2.75, 3.05) is 5.75 Å². The van der Waals surface area contributed by atoms with Crippen LogP contribution in [0, 0.1) is 0 Å². The Labute approximate surface area is 116 Å². The third-order valence-corrected chi connectivity index (χ3v) is 4.86. The molecule has 19 heavy (non-hydrogen) atoms. The van der Waals surface area contributed by atoms with Crippen molar-refractivity contribution in [3.8, 4) is 5.75 Å². The number of phenols is 1. The highest BCUT2D eigenvalue weighted by molar-refractivity contribution is 8.15. The largest absolute Gasteiger partial charge is 0.508 e. The molecule has 3 rings (SSSR count). The third-order valence-electron chi connectivity index (χ3n) is 2.65. The number of fused-ring (bicyclic) bond motifs is 1. The van der Waals surface area contributed by atoms with Gasteiger partial charge in [0.1, 0.15) is 21.8 Å². The van der Waals surface area contributed by atoms with Gasteiger partial charge in [-0.25, -0.2) is 10.8 Å².